The van der Waals surface area contributed by atoms with Gasteiger partial charge in [-0.3, -0.25) is 4.90 Å². The van der Waals surface area contributed by atoms with Crippen molar-refractivity contribution in [2.24, 2.45) is 5.73 Å². The third-order valence-electron chi connectivity index (χ3n) is 2.87. The summed E-state index contributed by atoms with van der Waals surface area (Å²) < 4.78 is 5.50. The molecule has 0 spiro atoms. The largest absolute Gasteiger partial charge is 0.396 e. The van der Waals surface area contributed by atoms with Gasteiger partial charge in [-0.1, -0.05) is 12.8 Å². The third kappa shape index (κ3) is 5.47. The molecule has 1 saturated heterocycles. The molecule has 1 atom stereocenters. The van der Waals surface area contributed by atoms with E-state index in [2.05, 4.69) is 4.90 Å². The van der Waals surface area contributed by atoms with Crippen LogP contribution in [0.2, 0.25) is 0 Å². The minimum atomic E-state index is 0.233. The predicted molar refractivity (Wildman–Crippen MR) is 60.8 cm³/mol. The highest BCUT2D eigenvalue weighted by molar-refractivity contribution is 4.71. The summed E-state index contributed by atoms with van der Waals surface area (Å²) in [5.41, 5.74) is 5.58. The van der Waals surface area contributed by atoms with Crippen LogP contribution in [0.25, 0.3) is 0 Å². The fourth-order valence-electron chi connectivity index (χ4n) is 1.93. The molecule has 0 bridgehead atoms. The zero-order valence-electron chi connectivity index (χ0n) is 9.53. The quantitative estimate of drug-likeness (QED) is 0.597. The molecule has 1 heterocycles. The van der Waals surface area contributed by atoms with Gasteiger partial charge in [-0.25, -0.2) is 0 Å². The van der Waals surface area contributed by atoms with Gasteiger partial charge in [-0.2, -0.15) is 0 Å². The molecule has 0 aromatic carbocycles. The minimum Gasteiger partial charge on any atom is -0.396 e. The lowest BCUT2D eigenvalue weighted by atomic mass is 10.2. The molecular weight excluding hydrogens is 192 g/mol. The van der Waals surface area contributed by atoms with Crippen LogP contribution >= 0.6 is 0 Å². The van der Waals surface area contributed by atoms with Crippen molar-refractivity contribution in [1.29, 1.82) is 0 Å². The first-order chi connectivity index (χ1) is 7.36. The first-order valence-corrected chi connectivity index (χ1v) is 6.01. The predicted octanol–water partition coefficient (Wildman–Crippen LogP) is 0.199. The Hall–Kier alpha value is -0.160. The van der Waals surface area contributed by atoms with Gasteiger partial charge < -0.3 is 15.6 Å². The van der Waals surface area contributed by atoms with Crippen molar-refractivity contribution in [3.8, 4) is 0 Å². The maximum absolute atomic E-state index is 8.64. The van der Waals surface area contributed by atoms with Crippen LogP contribution in [-0.4, -0.2) is 55.5 Å². The maximum Gasteiger partial charge on any atom is 0.0824 e. The number of hydrogen-bond acceptors (Lipinski definition) is 4. The first kappa shape index (κ1) is 12.9. The highest BCUT2D eigenvalue weighted by Crippen LogP contribution is 2.07. The van der Waals surface area contributed by atoms with Gasteiger partial charge in [0.1, 0.15) is 0 Å². The van der Waals surface area contributed by atoms with Gasteiger partial charge in [0, 0.05) is 26.2 Å². The van der Waals surface area contributed by atoms with Crippen LogP contribution in [0.5, 0.6) is 0 Å². The lowest BCUT2D eigenvalue weighted by Gasteiger charge is -2.32. The number of nitrogens with zero attached hydrogens (tertiary/aromatic N) is 1. The summed E-state index contributed by atoms with van der Waals surface area (Å²) in [5.74, 6) is 0. The number of nitrogens with two attached hydrogens (primary N) is 1. The number of aliphatic hydroxyl groups excluding tert-OH is 1. The van der Waals surface area contributed by atoms with Gasteiger partial charge in [0.05, 0.1) is 12.7 Å². The molecule has 0 radical (unpaired) electrons. The first-order valence-electron chi connectivity index (χ1n) is 6.01. The summed E-state index contributed by atoms with van der Waals surface area (Å²) in [6, 6.07) is 0. The van der Waals surface area contributed by atoms with E-state index in [1.54, 1.807) is 0 Å². The van der Waals surface area contributed by atoms with Crippen molar-refractivity contribution in [2.75, 3.05) is 39.4 Å². The third-order valence-corrected chi connectivity index (χ3v) is 2.87. The van der Waals surface area contributed by atoms with Crippen LogP contribution in [0.3, 0.4) is 0 Å². The number of unbranched alkanes of at least 4 members (excludes halogenated alkanes) is 3. The number of aliphatic hydroxyl groups is 1. The Morgan fingerprint density at radius 1 is 1.27 bits per heavy atom. The molecule has 4 nitrogen and oxygen atoms in total. The van der Waals surface area contributed by atoms with Crippen molar-refractivity contribution in [2.45, 2.75) is 31.8 Å². The van der Waals surface area contributed by atoms with Gasteiger partial charge in [0.25, 0.3) is 0 Å². The Bertz CT molecular complexity index is 156. The van der Waals surface area contributed by atoms with Crippen LogP contribution in [0.1, 0.15) is 25.7 Å². The Kier molecular flexibility index (Phi) is 6.92. The van der Waals surface area contributed by atoms with E-state index in [0.29, 0.717) is 13.2 Å². The molecule has 15 heavy (non-hydrogen) atoms. The van der Waals surface area contributed by atoms with Crippen LogP contribution in [-0.2, 0) is 4.74 Å². The molecular formula is C11H24N2O2. The number of morpholine rings is 1. The summed E-state index contributed by atoms with van der Waals surface area (Å²) in [5, 5.41) is 8.64. The van der Waals surface area contributed by atoms with E-state index in [4.69, 9.17) is 15.6 Å². The summed E-state index contributed by atoms with van der Waals surface area (Å²) in [4.78, 5) is 2.43. The Morgan fingerprint density at radius 3 is 2.80 bits per heavy atom. The monoisotopic (exact) mass is 216 g/mol. The van der Waals surface area contributed by atoms with E-state index in [-0.39, 0.29) is 6.10 Å². The number of rotatable bonds is 7. The zero-order chi connectivity index (χ0) is 10.9. The Morgan fingerprint density at radius 2 is 2.07 bits per heavy atom. The topological polar surface area (TPSA) is 58.7 Å². The van der Waals surface area contributed by atoms with Crippen LogP contribution < -0.4 is 5.73 Å². The lowest BCUT2D eigenvalue weighted by Crippen LogP contribution is -2.45. The highest BCUT2D eigenvalue weighted by Gasteiger charge is 2.18. The molecule has 4 heteroatoms. The molecule has 1 fully saturated rings. The fourth-order valence-corrected chi connectivity index (χ4v) is 1.93. The van der Waals surface area contributed by atoms with Gasteiger partial charge >= 0.3 is 0 Å². The molecule has 1 unspecified atom stereocenters. The molecule has 1 aliphatic rings. The molecule has 0 saturated carbocycles. The molecule has 90 valence electrons. The second kappa shape index (κ2) is 8.05. The van der Waals surface area contributed by atoms with E-state index in [1.807, 2.05) is 0 Å². The van der Waals surface area contributed by atoms with Crippen molar-refractivity contribution in [1.82, 2.24) is 4.90 Å². The smallest absolute Gasteiger partial charge is 0.0824 e. The summed E-state index contributed by atoms with van der Waals surface area (Å²) in [6.45, 7) is 4.94. The van der Waals surface area contributed by atoms with Crippen LogP contribution in [0.4, 0.5) is 0 Å². The molecule has 1 rings (SSSR count). The van der Waals surface area contributed by atoms with Gasteiger partial charge in [0.15, 0.2) is 0 Å². The Balaban J connectivity index is 2.00. The zero-order valence-corrected chi connectivity index (χ0v) is 9.53. The Labute approximate surface area is 92.4 Å². The van der Waals surface area contributed by atoms with Crippen LogP contribution in [0.15, 0.2) is 0 Å². The van der Waals surface area contributed by atoms with Gasteiger partial charge in [-0.15, -0.1) is 0 Å². The lowest BCUT2D eigenvalue weighted by molar-refractivity contribution is -0.0235. The van der Waals surface area contributed by atoms with Gasteiger partial charge in [0.2, 0.25) is 0 Å². The van der Waals surface area contributed by atoms with E-state index in [0.717, 1.165) is 39.1 Å². The van der Waals surface area contributed by atoms with Crippen molar-refractivity contribution < 1.29 is 9.84 Å². The number of ether oxygens (including phenoxy) is 1. The van der Waals surface area contributed by atoms with Crippen LogP contribution in [0, 0.1) is 0 Å². The molecule has 0 aromatic rings. The molecule has 0 aromatic heterocycles. The maximum atomic E-state index is 8.64. The molecule has 0 aliphatic carbocycles. The van der Waals surface area contributed by atoms with E-state index >= 15 is 0 Å². The molecule has 3 N–H and O–H groups in total. The molecule has 1 aliphatic heterocycles. The normalized spacial score (nSPS) is 23.2. The second-order valence-corrected chi connectivity index (χ2v) is 4.17. The van der Waals surface area contributed by atoms with E-state index < -0.39 is 0 Å². The minimum absolute atomic E-state index is 0.233. The summed E-state index contributed by atoms with van der Waals surface area (Å²) in [7, 11) is 0. The average Bonchev–Trinajstić information content (AvgIpc) is 2.29. The van der Waals surface area contributed by atoms with Crippen molar-refractivity contribution >= 4 is 0 Å². The van der Waals surface area contributed by atoms with E-state index in [1.165, 1.54) is 12.8 Å². The van der Waals surface area contributed by atoms with E-state index in [9.17, 15) is 0 Å². The van der Waals surface area contributed by atoms with Crippen molar-refractivity contribution in [3.63, 3.8) is 0 Å². The van der Waals surface area contributed by atoms with Gasteiger partial charge in [-0.05, 0) is 19.4 Å². The standard InChI is InChI=1S/C11H24N2O2/c12-9-11-10-13(6-8-15-11)5-3-1-2-4-7-14/h11,14H,1-10,12H2. The van der Waals surface area contributed by atoms with Crippen molar-refractivity contribution in [3.05, 3.63) is 0 Å². The highest BCUT2D eigenvalue weighted by atomic mass is 16.5. The second-order valence-electron chi connectivity index (χ2n) is 4.17. The summed E-state index contributed by atoms with van der Waals surface area (Å²) in [6.07, 6.45) is 4.74. The average molecular weight is 216 g/mol. The SMILES string of the molecule is NCC1CN(CCCCCCO)CCO1. The summed E-state index contributed by atoms with van der Waals surface area (Å²) >= 11 is 0. The molecule has 0 amide bonds. The fraction of sp³-hybridized carbons (Fsp3) is 1.00. The number of hydrogen-bond donors (Lipinski definition) is 2.